The number of sulfonamides is 1. The number of rotatable bonds is 4. The summed E-state index contributed by atoms with van der Waals surface area (Å²) >= 11 is 0. The van der Waals surface area contributed by atoms with Crippen molar-refractivity contribution < 1.29 is 13.3 Å². The molecule has 0 saturated carbocycles. The van der Waals surface area contributed by atoms with Gasteiger partial charge in [-0.3, -0.25) is 10.1 Å². The summed E-state index contributed by atoms with van der Waals surface area (Å²) in [6, 6.07) is 5.51. The fraction of sp³-hybridized carbons (Fsp3) is 0.300. The second-order valence-electron chi connectivity index (χ2n) is 3.58. The number of nitro groups is 1. The molecule has 1 aromatic rings. The molecule has 0 N–H and O–H groups in total. The Morgan fingerprint density at radius 2 is 1.89 bits per heavy atom. The molecule has 0 fully saturated rings. The third-order valence-corrected chi connectivity index (χ3v) is 4.40. The van der Waals surface area contributed by atoms with Crippen molar-refractivity contribution in [2.24, 2.45) is 0 Å². The highest BCUT2D eigenvalue weighted by Crippen LogP contribution is 2.19. The largest absolute Gasteiger partial charge is 0.269 e. The molecule has 1 atom stereocenters. The summed E-state index contributed by atoms with van der Waals surface area (Å²) in [6.45, 7) is 1.45. The molecule has 0 aliphatic heterocycles. The van der Waals surface area contributed by atoms with Crippen molar-refractivity contribution in [2.45, 2.75) is 17.9 Å². The van der Waals surface area contributed by atoms with Gasteiger partial charge in [-0.25, -0.2) is 8.42 Å². The third-order valence-electron chi connectivity index (χ3n) is 2.46. The monoisotopic (exact) mass is 269 g/mol. The molecule has 8 heteroatoms. The first kappa shape index (κ1) is 14.1. The van der Waals surface area contributed by atoms with Crippen molar-refractivity contribution in [1.82, 2.24) is 4.31 Å². The van der Waals surface area contributed by atoms with E-state index in [-0.39, 0.29) is 10.6 Å². The van der Waals surface area contributed by atoms with Crippen LogP contribution in [0.3, 0.4) is 0 Å². The maximum atomic E-state index is 12.0. The summed E-state index contributed by atoms with van der Waals surface area (Å²) in [6.07, 6.45) is 0. The molecule has 0 amide bonds. The normalized spacial score (nSPS) is 13.0. The van der Waals surface area contributed by atoms with Crippen molar-refractivity contribution in [2.75, 3.05) is 7.05 Å². The summed E-state index contributed by atoms with van der Waals surface area (Å²) in [5.74, 6) is 0. The Labute approximate surface area is 104 Å². The number of nitriles is 1. The topological polar surface area (TPSA) is 104 Å². The Morgan fingerprint density at radius 3 is 2.28 bits per heavy atom. The van der Waals surface area contributed by atoms with Gasteiger partial charge >= 0.3 is 0 Å². The molecule has 0 heterocycles. The molecule has 0 aliphatic rings. The molecule has 0 aromatic heterocycles. The minimum absolute atomic E-state index is 0.0855. The smallest absolute Gasteiger partial charge is 0.258 e. The SMILES string of the molecule is CC(C#N)N(C)S(=O)(=O)c1ccc([N+](=O)[O-])cc1. The predicted octanol–water partition coefficient (Wildman–Crippen LogP) is 1.13. The minimum atomic E-state index is -3.80. The molecular weight excluding hydrogens is 258 g/mol. The summed E-state index contributed by atoms with van der Waals surface area (Å²) < 4.78 is 24.9. The highest BCUT2D eigenvalue weighted by molar-refractivity contribution is 7.89. The van der Waals surface area contributed by atoms with Crippen LogP contribution in [0.5, 0.6) is 0 Å². The van der Waals surface area contributed by atoms with Gasteiger partial charge in [-0.2, -0.15) is 9.57 Å². The maximum absolute atomic E-state index is 12.0. The average Bonchev–Trinajstić information content (AvgIpc) is 2.36. The van der Waals surface area contributed by atoms with E-state index in [9.17, 15) is 18.5 Å². The van der Waals surface area contributed by atoms with E-state index in [1.807, 2.05) is 6.07 Å². The van der Waals surface area contributed by atoms with E-state index >= 15 is 0 Å². The zero-order valence-corrected chi connectivity index (χ0v) is 10.6. The van der Waals surface area contributed by atoms with Crippen LogP contribution in [0.1, 0.15) is 6.92 Å². The van der Waals surface area contributed by atoms with Gasteiger partial charge in [0.25, 0.3) is 5.69 Å². The lowest BCUT2D eigenvalue weighted by molar-refractivity contribution is -0.384. The third kappa shape index (κ3) is 2.64. The van der Waals surface area contributed by atoms with E-state index < -0.39 is 21.0 Å². The van der Waals surface area contributed by atoms with Crippen LogP contribution >= 0.6 is 0 Å². The Hall–Kier alpha value is -1.98. The fourth-order valence-electron chi connectivity index (χ4n) is 1.20. The molecule has 0 aliphatic carbocycles. The maximum Gasteiger partial charge on any atom is 0.269 e. The predicted molar refractivity (Wildman–Crippen MR) is 63.1 cm³/mol. The van der Waals surface area contributed by atoms with Gasteiger partial charge in [-0.15, -0.1) is 0 Å². The zero-order valence-electron chi connectivity index (χ0n) is 9.77. The van der Waals surface area contributed by atoms with E-state index in [2.05, 4.69) is 0 Å². The van der Waals surface area contributed by atoms with Crippen LogP contribution in [-0.4, -0.2) is 30.7 Å². The van der Waals surface area contributed by atoms with E-state index in [4.69, 9.17) is 5.26 Å². The minimum Gasteiger partial charge on any atom is -0.258 e. The van der Waals surface area contributed by atoms with Gasteiger partial charge in [0.15, 0.2) is 0 Å². The van der Waals surface area contributed by atoms with Crippen molar-refractivity contribution in [3.63, 3.8) is 0 Å². The van der Waals surface area contributed by atoms with Crippen LogP contribution in [0, 0.1) is 21.4 Å². The first-order chi connectivity index (χ1) is 8.30. The van der Waals surface area contributed by atoms with E-state index in [1.165, 1.54) is 14.0 Å². The second kappa shape index (κ2) is 5.12. The van der Waals surface area contributed by atoms with Crippen LogP contribution in [-0.2, 0) is 10.0 Å². The molecule has 0 bridgehead atoms. The van der Waals surface area contributed by atoms with Crippen LogP contribution < -0.4 is 0 Å². The molecule has 0 saturated heterocycles. The van der Waals surface area contributed by atoms with Crippen molar-refractivity contribution in [1.29, 1.82) is 5.26 Å². The zero-order chi connectivity index (χ0) is 13.9. The quantitative estimate of drug-likeness (QED) is 0.601. The van der Waals surface area contributed by atoms with E-state index in [0.717, 1.165) is 28.6 Å². The van der Waals surface area contributed by atoms with Gasteiger partial charge in [-0.05, 0) is 19.1 Å². The average molecular weight is 269 g/mol. The molecule has 96 valence electrons. The number of hydrogen-bond donors (Lipinski definition) is 0. The molecule has 0 radical (unpaired) electrons. The number of benzene rings is 1. The molecule has 1 unspecified atom stereocenters. The standard InChI is InChI=1S/C10H11N3O4S/c1-8(7-11)12(2)18(16,17)10-5-3-9(4-6-10)13(14)15/h3-6,8H,1-2H3. The Bertz CT molecular complexity index is 589. The number of non-ortho nitro benzene ring substituents is 1. The highest BCUT2D eigenvalue weighted by Gasteiger charge is 2.25. The van der Waals surface area contributed by atoms with Crippen LogP contribution in [0.4, 0.5) is 5.69 Å². The fourth-order valence-corrected chi connectivity index (χ4v) is 2.47. The highest BCUT2D eigenvalue weighted by atomic mass is 32.2. The lowest BCUT2D eigenvalue weighted by Crippen LogP contribution is -2.34. The van der Waals surface area contributed by atoms with Gasteiger partial charge in [0.1, 0.15) is 6.04 Å². The lowest BCUT2D eigenvalue weighted by atomic mass is 10.3. The molecule has 1 aromatic carbocycles. The first-order valence-electron chi connectivity index (χ1n) is 4.93. The number of nitro benzene ring substituents is 1. The van der Waals surface area contributed by atoms with Gasteiger partial charge in [0.2, 0.25) is 10.0 Å². The Kier molecular flexibility index (Phi) is 4.00. The lowest BCUT2D eigenvalue weighted by Gasteiger charge is -2.18. The van der Waals surface area contributed by atoms with Gasteiger partial charge < -0.3 is 0 Å². The van der Waals surface area contributed by atoms with Crippen LogP contribution in [0.2, 0.25) is 0 Å². The summed E-state index contributed by atoms with van der Waals surface area (Å²) in [7, 11) is -2.52. The van der Waals surface area contributed by atoms with E-state index in [1.54, 1.807) is 0 Å². The summed E-state index contributed by atoms with van der Waals surface area (Å²) in [5, 5.41) is 19.1. The van der Waals surface area contributed by atoms with Gasteiger partial charge in [0.05, 0.1) is 15.9 Å². The van der Waals surface area contributed by atoms with Gasteiger partial charge in [0, 0.05) is 19.2 Å². The van der Waals surface area contributed by atoms with Crippen LogP contribution in [0.15, 0.2) is 29.2 Å². The van der Waals surface area contributed by atoms with Crippen molar-refractivity contribution >= 4 is 15.7 Å². The first-order valence-corrected chi connectivity index (χ1v) is 6.37. The molecule has 18 heavy (non-hydrogen) atoms. The summed E-state index contributed by atoms with van der Waals surface area (Å²) in [4.78, 5) is 9.75. The molecule has 0 spiro atoms. The van der Waals surface area contributed by atoms with Crippen LogP contribution in [0.25, 0.3) is 0 Å². The second-order valence-corrected chi connectivity index (χ2v) is 5.57. The molecular formula is C10H11N3O4S. The summed E-state index contributed by atoms with van der Waals surface area (Å²) in [5.41, 5.74) is -0.190. The van der Waals surface area contributed by atoms with E-state index in [0.29, 0.717) is 0 Å². The number of nitrogens with zero attached hydrogens (tertiary/aromatic N) is 3. The Balaban J connectivity index is 3.14. The van der Waals surface area contributed by atoms with Crippen molar-refractivity contribution in [3.05, 3.63) is 34.4 Å². The number of hydrogen-bond acceptors (Lipinski definition) is 5. The van der Waals surface area contributed by atoms with Crippen molar-refractivity contribution in [3.8, 4) is 6.07 Å². The Morgan fingerprint density at radius 1 is 1.39 bits per heavy atom. The molecule has 7 nitrogen and oxygen atoms in total. The van der Waals surface area contributed by atoms with Gasteiger partial charge in [-0.1, -0.05) is 0 Å². The molecule has 1 rings (SSSR count).